The van der Waals surface area contributed by atoms with Crippen molar-refractivity contribution in [3.8, 4) is 9.75 Å². The van der Waals surface area contributed by atoms with Crippen LogP contribution in [-0.2, 0) is 6.42 Å². The SMILES string of the molecule is FC(F)(F)CC(F)(F)CC(F)(F)Cc1ccc(-c2ccc(Br)s2)s1. The molecular formula is C14H10BrF7S2. The molecule has 2 rings (SSSR count). The summed E-state index contributed by atoms with van der Waals surface area (Å²) in [5, 5.41) is 0. The molecule has 2 heterocycles. The van der Waals surface area contributed by atoms with Crippen molar-refractivity contribution in [3.63, 3.8) is 0 Å². The molecule has 0 amide bonds. The van der Waals surface area contributed by atoms with E-state index in [2.05, 4.69) is 15.9 Å². The molecule has 0 aliphatic rings. The fourth-order valence-electron chi connectivity index (χ4n) is 2.10. The smallest absolute Gasteiger partial charge is 0.206 e. The monoisotopic (exact) mass is 454 g/mol. The average Bonchev–Trinajstić information content (AvgIpc) is 2.92. The molecule has 0 aliphatic carbocycles. The second-order valence-corrected chi connectivity index (χ2v) is 8.86. The minimum atomic E-state index is -5.19. The van der Waals surface area contributed by atoms with Crippen LogP contribution in [0.15, 0.2) is 28.1 Å². The quantitative estimate of drug-likeness (QED) is 0.399. The van der Waals surface area contributed by atoms with Gasteiger partial charge < -0.3 is 0 Å². The van der Waals surface area contributed by atoms with Crippen LogP contribution in [0, 0.1) is 0 Å². The zero-order valence-corrected chi connectivity index (χ0v) is 15.0. The molecular weight excluding hydrogens is 445 g/mol. The van der Waals surface area contributed by atoms with E-state index < -0.39 is 37.3 Å². The summed E-state index contributed by atoms with van der Waals surface area (Å²) in [5.74, 6) is -8.42. The Kier molecular flexibility index (Phi) is 5.71. The molecule has 0 nitrogen and oxygen atoms in total. The Bertz CT molecular complexity index is 687. The van der Waals surface area contributed by atoms with Gasteiger partial charge in [0.1, 0.15) is 6.42 Å². The molecule has 10 heteroatoms. The molecule has 24 heavy (non-hydrogen) atoms. The van der Waals surface area contributed by atoms with Crippen molar-refractivity contribution in [2.24, 2.45) is 0 Å². The summed E-state index contributed by atoms with van der Waals surface area (Å²) in [7, 11) is 0. The van der Waals surface area contributed by atoms with Crippen molar-refractivity contribution in [1.29, 1.82) is 0 Å². The highest BCUT2D eigenvalue weighted by Gasteiger charge is 2.49. The maximum absolute atomic E-state index is 13.8. The van der Waals surface area contributed by atoms with Crippen LogP contribution in [0.5, 0.6) is 0 Å². The van der Waals surface area contributed by atoms with E-state index >= 15 is 0 Å². The van der Waals surface area contributed by atoms with Crippen LogP contribution in [0.1, 0.15) is 17.7 Å². The Morgan fingerprint density at radius 2 is 1.33 bits per heavy atom. The molecule has 2 aromatic rings. The van der Waals surface area contributed by atoms with Gasteiger partial charge in [-0.05, 0) is 40.2 Å². The number of rotatable bonds is 6. The topological polar surface area (TPSA) is 0 Å². The second-order valence-electron chi connectivity index (χ2n) is 5.23. The first-order valence-corrected chi connectivity index (χ1v) is 8.95. The normalized spacial score (nSPS) is 13.5. The third-order valence-electron chi connectivity index (χ3n) is 2.89. The van der Waals surface area contributed by atoms with Crippen LogP contribution >= 0.6 is 38.6 Å². The Morgan fingerprint density at radius 1 is 0.750 bits per heavy atom. The Hall–Kier alpha value is -0.610. The molecule has 134 valence electrons. The summed E-state index contributed by atoms with van der Waals surface area (Å²) in [5.41, 5.74) is 0. The lowest BCUT2D eigenvalue weighted by molar-refractivity contribution is -0.205. The first-order valence-electron chi connectivity index (χ1n) is 6.52. The molecule has 0 saturated carbocycles. The number of halogens is 8. The highest BCUT2D eigenvalue weighted by Crippen LogP contribution is 2.42. The maximum atomic E-state index is 13.8. The van der Waals surface area contributed by atoms with Crippen molar-refractivity contribution in [3.05, 3.63) is 32.9 Å². The Labute approximate surface area is 149 Å². The molecule has 0 spiro atoms. The highest BCUT2D eigenvalue weighted by molar-refractivity contribution is 9.11. The van der Waals surface area contributed by atoms with Crippen molar-refractivity contribution < 1.29 is 30.7 Å². The van der Waals surface area contributed by atoms with Gasteiger partial charge in [-0.2, -0.15) is 13.2 Å². The molecule has 0 aliphatic heterocycles. The van der Waals surface area contributed by atoms with Crippen molar-refractivity contribution in [2.45, 2.75) is 37.3 Å². The second kappa shape index (κ2) is 6.95. The lowest BCUT2D eigenvalue weighted by Gasteiger charge is -2.23. The van der Waals surface area contributed by atoms with E-state index in [4.69, 9.17) is 0 Å². The maximum Gasteiger partial charge on any atom is 0.394 e. The van der Waals surface area contributed by atoms with Crippen molar-refractivity contribution in [2.75, 3.05) is 0 Å². The molecule has 0 atom stereocenters. The van der Waals surface area contributed by atoms with Crippen LogP contribution < -0.4 is 0 Å². The third-order valence-corrected chi connectivity index (χ3v) is 5.79. The van der Waals surface area contributed by atoms with E-state index in [1.807, 2.05) is 0 Å². The predicted molar refractivity (Wildman–Crippen MR) is 84.2 cm³/mol. The van der Waals surface area contributed by atoms with Crippen molar-refractivity contribution in [1.82, 2.24) is 0 Å². The molecule has 0 unspecified atom stereocenters. The first kappa shape index (κ1) is 19.7. The summed E-state index contributed by atoms with van der Waals surface area (Å²) in [6, 6.07) is 6.53. The van der Waals surface area contributed by atoms with Crippen LogP contribution in [0.4, 0.5) is 30.7 Å². The van der Waals surface area contributed by atoms with Gasteiger partial charge in [0, 0.05) is 21.1 Å². The molecule has 2 aromatic heterocycles. The van der Waals surface area contributed by atoms with Gasteiger partial charge in [0.05, 0.1) is 10.2 Å². The number of hydrogen-bond donors (Lipinski definition) is 0. The molecule has 0 radical (unpaired) electrons. The standard InChI is InChI=1S/C14H10BrF7S2/c15-11-4-3-10(24-11)9-2-1-8(23-9)5-12(16,17)6-13(18,19)7-14(20,21)22/h1-4H,5-7H2. The van der Waals surface area contributed by atoms with E-state index in [1.54, 1.807) is 18.2 Å². The molecule has 0 bridgehead atoms. The van der Waals surface area contributed by atoms with Gasteiger partial charge in [0.15, 0.2) is 0 Å². The molecule has 0 aromatic carbocycles. The molecule has 0 saturated heterocycles. The summed E-state index contributed by atoms with van der Waals surface area (Å²) < 4.78 is 90.8. The predicted octanol–water partition coefficient (Wildman–Crippen LogP) is 7.39. The number of alkyl halides is 7. The van der Waals surface area contributed by atoms with E-state index in [-0.39, 0.29) is 4.88 Å². The van der Waals surface area contributed by atoms with E-state index in [1.165, 1.54) is 17.4 Å². The van der Waals surface area contributed by atoms with E-state index in [0.29, 0.717) is 4.88 Å². The minimum Gasteiger partial charge on any atom is -0.206 e. The lowest BCUT2D eigenvalue weighted by atomic mass is 10.0. The molecule has 0 fully saturated rings. The van der Waals surface area contributed by atoms with Crippen LogP contribution in [0.25, 0.3) is 9.75 Å². The Morgan fingerprint density at radius 3 is 1.88 bits per heavy atom. The van der Waals surface area contributed by atoms with Gasteiger partial charge in [0.2, 0.25) is 0 Å². The fraction of sp³-hybridized carbons (Fsp3) is 0.429. The fourth-order valence-corrected chi connectivity index (χ4v) is 4.67. The van der Waals surface area contributed by atoms with E-state index in [9.17, 15) is 30.7 Å². The van der Waals surface area contributed by atoms with Gasteiger partial charge >= 0.3 is 6.18 Å². The van der Waals surface area contributed by atoms with Crippen molar-refractivity contribution >= 4 is 38.6 Å². The van der Waals surface area contributed by atoms with E-state index in [0.717, 1.165) is 20.0 Å². The minimum absolute atomic E-state index is 0.141. The highest BCUT2D eigenvalue weighted by atomic mass is 79.9. The zero-order chi connectivity index (χ0) is 18.2. The largest absolute Gasteiger partial charge is 0.394 e. The summed E-state index contributed by atoms with van der Waals surface area (Å²) in [6.45, 7) is 0. The summed E-state index contributed by atoms with van der Waals surface area (Å²) in [4.78, 5) is 1.66. The average molecular weight is 455 g/mol. The van der Waals surface area contributed by atoms with Gasteiger partial charge in [-0.1, -0.05) is 0 Å². The van der Waals surface area contributed by atoms with Gasteiger partial charge in [-0.25, -0.2) is 17.6 Å². The van der Waals surface area contributed by atoms with Gasteiger partial charge in [-0.3, -0.25) is 0 Å². The summed E-state index contributed by atoms with van der Waals surface area (Å²) >= 11 is 5.66. The van der Waals surface area contributed by atoms with Gasteiger partial charge in [0.25, 0.3) is 11.8 Å². The Balaban J connectivity index is 2.05. The number of thiophene rings is 2. The third kappa shape index (κ3) is 6.03. The summed E-state index contributed by atoms with van der Waals surface area (Å²) in [6.07, 6.45) is -10.9. The van der Waals surface area contributed by atoms with Crippen LogP contribution in [-0.4, -0.2) is 18.0 Å². The zero-order valence-electron chi connectivity index (χ0n) is 11.8. The van der Waals surface area contributed by atoms with Crippen LogP contribution in [0.2, 0.25) is 0 Å². The number of hydrogen-bond acceptors (Lipinski definition) is 2. The van der Waals surface area contributed by atoms with Gasteiger partial charge in [-0.15, -0.1) is 22.7 Å². The van der Waals surface area contributed by atoms with Crippen LogP contribution in [0.3, 0.4) is 0 Å². The molecule has 0 N–H and O–H groups in total. The lowest BCUT2D eigenvalue weighted by Crippen LogP contribution is -2.34. The first-order chi connectivity index (χ1) is 10.9.